The zero-order valence-electron chi connectivity index (χ0n) is 10.7. The van der Waals surface area contributed by atoms with Crippen molar-refractivity contribution in [1.29, 1.82) is 0 Å². The highest BCUT2D eigenvalue weighted by molar-refractivity contribution is 6.04. The summed E-state index contributed by atoms with van der Waals surface area (Å²) in [5.41, 5.74) is -1.77. The van der Waals surface area contributed by atoms with Crippen LogP contribution >= 0.6 is 0 Å². The van der Waals surface area contributed by atoms with Crippen LogP contribution in [-0.2, 0) is 14.3 Å². The Bertz CT molecular complexity index is 573. The number of rotatable bonds is 5. The molecule has 0 N–H and O–H groups in total. The lowest BCUT2D eigenvalue weighted by Gasteiger charge is -2.14. The Hall–Kier alpha value is -2.38. The topological polar surface area (TPSA) is 86.5 Å². The normalized spacial score (nSPS) is 11.8. The van der Waals surface area contributed by atoms with Crippen LogP contribution in [0.2, 0.25) is 0 Å². The molecular weight excluding hydrogens is 276 g/mol. The van der Waals surface area contributed by atoms with Gasteiger partial charge in [-0.1, -0.05) is 0 Å². The minimum Gasteiger partial charge on any atom is -0.465 e. The summed E-state index contributed by atoms with van der Waals surface area (Å²) in [4.78, 5) is 33.0. The van der Waals surface area contributed by atoms with Crippen LogP contribution in [-0.4, -0.2) is 23.3 Å². The van der Waals surface area contributed by atoms with Crippen LogP contribution in [0.3, 0.4) is 0 Å². The van der Waals surface area contributed by atoms with E-state index in [-0.39, 0.29) is 6.61 Å². The van der Waals surface area contributed by atoms with E-state index in [4.69, 9.17) is 0 Å². The fourth-order valence-corrected chi connectivity index (χ4v) is 1.70. The van der Waals surface area contributed by atoms with Crippen LogP contribution < -0.4 is 0 Å². The van der Waals surface area contributed by atoms with Crippen molar-refractivity contribution in [2.75, 3.05) is 6.61 Å². The van der Waals surface area contributed by atoms with Gasteiger partial charge < -0.3 is 4.74 Å². The smallest absolute Gasteiger partial charge is 0.321 e. The van der Waals surface area contributed by atoms with Gasteiger partial charge in [0.25, 0.3) is 5.69 Å². The molecule has 1 aromatic rings. The number of halogens is 2. The predicted molar refractivity (Wildman–Crippen MR) is 63.1 cm³/mol. The molecule has 0 radical (unpaired) electrons. The number of carbonyl (C=O) groups excluding carboxylic acids is 2. The number of carbonyl (C=O) groups is 2. The molecular formula is C12H11F2NO5. The van der Waals surface area contributed by atoms with Gasteiger partial charge in [0.1, 0.15) is 11.7 Å². The van der Waals surface area contributed by atoms with Crippen molar-refractivity contribution in [3.8, 4) is 0 Å². The van der Waals surface area contributed by atoms with E-state index in [9.17, 15) is 28.5 Å². The molecule has 0 heterocycles. The van der Waals surface area contributed by atoms with E-state index in [1.807, 2.05) is 0 Å². The molecule has 1 unspecified atom stereocenters. The number of Topliss-reactive ketones (excluding diaryl/α,β-unsaturated/α-hetero) is 1. The fourth-order valence-electron chi connectivity index (χ4n) is 1.70. The lowest BCUT2D eigenvalue weighted by molar-refractivity contribution is -0.385. The van der Waals surface area contributed by atoms with Crippen molar-refractivity contribution >= 4 is 17.4 Å². The van der Waals surface area contributed by atoms with Crippen molar-refractivity contribution in [3.05, 3.63) is 39.4 Å². The van der Waals surface area contributed by atoms with Crippen molar-refractivity contribution < 1.29 is 28.0 Å². The Kier molecular flexibility index (Phi) is 4.84. The van der Waals surface area contributed by atoms with Gasteiger partial charge >= 0.3 is 5.97 Å². The Morgan fingerprint density at radius 1 is 1.40 bits per heavy atom. The summed E-state index contributed by atoms with van der Waals surface area (Å²) in [5, 5.41) is 10.8. The summed E-state index contributed by atoms with van der Waals surface area (Å²) in [6, 6.07) is 1.25. The highest BCUT2D eigenvalue weighted by Gasteiger charge is 2.37. The number of nitro benzene ring substituents is 1. The maximum atomic E-state index is 13.8. The van der Waals surface area contributed by atoms with Crippen molar-refractivity contribution in [2.24, 2.45) is 0 Å². The van der Waals surface area contributed by atoms with E-state index < -0.39 is 45.5 Å². The molecule has 20 heavy (non-hydrogen) atoms. The Morgan fingerprint density at radius 2 is 2.00 bits per heavy atom. The molecule has 0 saturated heterocycles. The molecule has 0 amide bonds. The molecule has 1 aromatic carbocycles. The Labute approximate surface area is 112 Å². The second-order valence-corrected chi connectivity index (χ2v) is 3.85. The van der Waals surface area contributed by atoms with Gasteiger partial charge in [0.15, 0.2) is 11.6 Å². The number of nitrogens with zero attached hydrogens (tertiary/aromatic N) is 1. The van der Waals surface area contributed by atoms with E-state index >= 15 is 0 Å². The predicted octanol–water partition coefficient (Wildman–Crippen LogP) is 2.11. The van der Waals surface area contributed by atoms with Gasteiger partial charge in [0, 0.05) is 6.07 Å². The molecule has 0 aromatic heterocycles. The third kappa shape index (κ3) is 2.95. The van der Waals surface area contributed by atoms with E-state index in [0.29, 0.717) is 12.1 Å². The minimum absolute atomic E-state index is 0.104. The molecule has 0 aliphatic carbocycles. The standard InChI is InChI=1S/C12H11F2NO5/c1-3-20-12(17)9(6(2)16)10-8(15(18)19)5-4-7(13)11(10)14/h4-5,9H,3H2,1-2H3. The minimum atomic E-state index is -1.87. The van der Waals surface area contributed by atoms with Crippen LogP contribution in [0.5, 0.6) is 0 Å². The molecule has 0 saturated carbocycles. The van der Waals surface area contributed by atoms with E-state index in [0.717, 1.165) is 6.92 Å². The molecule has 108 valence electrons. The zero-order chi connectivity index (χ0) is 15.4. The first-order valence-electron chi connectivity index (χ1n) is 5.60. The van der Waals surface area contributed by atoms with Crippen molar-refractivity contribution in [3.63, 3.8) is 0 Å². The molecule has 1 atom stereocenters. The maximum Gasteiger partial charge on any atom is 0.321 e. The quantitative estimate of drug-likeness (QED) is 0.358. The number of esters is 1. The number of hydrogen-bond donors (Lipinski definition) is 0. The number of ketones is 1. The number of ether oxygens (including phenoxy) is 1. The first-order valence-corrected chi connectivity index (χ1v) is 5.60. The SMILES string of the molecule is CCOC(=O)C(C(C)=O)c1c([N+](=O)[O-])ccc(F)c1F. The van der Waals surface area contributed by atoms with Crippen LogP contribution in [0.25, 0.3) is 0 Å². The molecule has 0 spiro atoms. The first kappa shape index (κ1) is 15.7. The third-order valence-electron chi connectivity index (χ3n) is 2.52. The summed E-state index contributed by atoms with van der Waals surface area (Å²) in [6.45, 7) is 2.29. The Morgan fingerprint density at radius 3 is 2.45 bits per heavy atom. The highest BCUT2D eigenvalue weighted by atomic mass is 19.2. The molecule has 0 aliphatic heterocycles. The monoisotopic (exact) mass is 287 g/mol. The zero-order valence-corrected chi connectivity index (χ0v) is 10.7. The average Bonchev–Trinajstić information content (AvgIpc) is 2.34. The van der Waals surface area contributed by atoms with Crippen molar-refractivity contribution in [2.45, 2.75) is 19.8 Å². The van der Waals surface area contributed by atoms with Crippen LogP contribution in [0.15, 0.2) is 12.1 Å². The average molecular weight is 287 g/mol. The van der Waals surface area contributed by atoms with Gasteiger partial charge in [-0.3, -0.25) is 19.7 Å². The summed E-state index contributed by atoms with van der Waals surface area (Å²) >= 11 is 0. The molecule has 0 fully saturated rings. The fraction of sp³-hybridized carbons (Fsp3) is 0.333. The summed E-state index contributed by atoms with van der Waals surface area (Å²) < 4.78 is 31.6. The van der Waals surface area contributed by atoms with Gasteiger partial charge in [-0.15, -0.1) is 0 Å². The lowest BCUT2D eigenvalue weighted by Crippen LogP contribution is -2.24. The largest absolute Gasteiger partial charge is 0.465 e. The summed E-state index contributed by atoms with van der Waals surface area (Å²) in [7, 11) is 0. The van der Waals surface area contributed by atoms with E-state index in [1.165, 1.54) is 6.92 Å². The summed E-state index contributed by atoms with van der Waals surface area (Å²) in [5.74, 6) is -6.90. The first-order chi connectivity index (χ1) is 9.31. The van der Waals surface area contributed by atoms with Gasteiger partial charge in [-0.2, -0.15) is 0 Å². The van der Waals surface area contributed by atoms with Crippen LogP contribution in [0, 0.1) is 21.7 Å². The van der Waals surface area contributed by atoms with Crippen LogP contribution in [0.4, 0.5) is 14.5 Å². The number of hydrogen-bond acceptors (Lipinski definition) is 5. The second-order valence-electron chi connectivity index (χ2n) is 3.85. The van der Waals surface area contributed by atoms with Gasteiger partial charge in [-0.05, 0) is 19.9 Å². The Balaban J connectivity index is 3.54. The lowest BCUT2D eigenvalue weighted by atomic mass is 9.93. The van der Waals surface area contributed by atoms with Crippen LogP contribution in [0.1, 0.15) is 25.3 Å². The molecule has 0 bridgehead atoms. The number of nitro groups is 1. The molecule has 8 heteroatoms. The molecule has 0 aliphatic rings. The highest BCUT2D eigenvalue weighted by Crippen LogP contribution is 2.32. The van der Waals surface area contributed by atoms with Crippen molar-refractivity contribution in [1.82, 2.24) is 0 Å². The summed E-state index contributed by atoms with van der Waals surface area (Å²) in [6.07, 6.45) is 0. The van der Waals surface area contributed by atoms with E-state index in [1.54, 1.807) is 0 Å². The number of benzene rings is 1. The van der Waals surface area contributed by atoms with Gasteiger partial charge in [-0.25, -0.2) is 8.78 Å². The van der Waals surface area contributed by atoms with Gasteiger partial charge in [0.05, 0.1) is 17.1 Å². The maximum absolute atomic E-state index is 13.8. The second kappa shape index (κ2) is 6.18. The van der Waals surface area contributed by atoms with E-state index in [2.05, 4.69) is 4.74 Å². The molecule has 1 rings (SSSR count). The third-order valence-corrected chi connectivity index (χ3v) is 2.52. The van der Waals surface area contributed by atoms with Gasteiger partial charge in [0.2, 0.25) is 0 Å². The molecule has 6 nitrogen and oxygen atoms in total.